The lowest BCUT2D eigenvalue weighted by molar-refractivity contribution is -0.156. The Bertz CT molecular complexity index is 1160. The minimum atomic E-state index is -0.918. The van der Waals surface area contributed by atoms with E-state index in [2.05, 4.69) is 21.0 Å². The summed E-state index contributed by atoms with van der Waals surface area (Å²) in [5, 5.41) is 10.6. The van der Waals surface area contributed by atoms with Crippen molar-refractivity contribution in [1.82, 2.24) is 20.6 Å². The number of anilines is 1. The monoisotopic (exact) mass is 489 g/mol. The molecule has 10 nitrogen and oxygen atoms in total. The number of carbonyl (C=O) groups is 4. The van der Waals surface area contributed by atoms with Crippen molar-refractivity contribution in [2.24, 2.45) is 0 Å². The Morgan fingerprint density at radius 2 is 2.00 bits per heavy atom. The smallest absolute Gasteiger partial charge is 0.334 e. The molecule has 0 aliphatic carbocycles. The van der Waals surface area contributed by atoms with Crippen LogP contribution in [0.2, 0.25) is 0 Å². The van der Waals surface area contributed by atoms with Crippen molar-refractivity contribution in [3.05, 3.63) is 46.6 Å². The van der Waals surface area contributed by atoms with Gasteiger partial charge in [0, 0.05) is 18.2 Å². The molecular weight excluding hydrogens is 474 g/mol. The van der Waals surface area contributed by atoms with Gasteiger partial charge in [-0.1, -0.05) is 53.9 Å². The Hall–Kier alpha value is -3.16. The molecule has 0 unspecified atom stereocenters. The third-order valence-electron chi connectivity index (χ3n) is 4.43. The number of amides is 3. The molecule has 1 saturated heterocycles. The first-order valence-electron chi connectivity index (χ1n) is 9.22. The molecule has 0 spiro atoms. The largest absolute Gasteiger partial charge is 0.379 e. The summed E-state index contributed by atoms with van der Waals surface area (Å²) in [5.74, 6) is -1.93. The Balaban J connectivity index is 1.56. The molecule has 164 valence electrons. The first kappa shape index (κ1) is 22.0. The molecule has 1 atom stereocenters. The predicted molar refractivity (Wildman–Crippen MR) is 121 cm³/mol. The van der Waals surface area contributed by atoms with E-state index in [-0.39, 0.29) is 28.0 Å². The highest BCUT2D eigenvalue weighted by Gasteiger charge is 2.51. The summed E-state index contributed by atoms with van der Waals surface area (Å²) in [5.41, 5.74) is 3.22. The Morgan fingerprint density at radius 1 is 1.25 bits per heavy atom. The number of hydroxylamine groups is 1. The topological polar surface area (TPSA) is 131 Å². The molecule has 0 radical (unpaired) electrons. The number of aromatic nitrogens is 2. The maximum atomic E-state index is 12.9. The lowest BCUT2D eigenvalue weighted by atomic mass is 10.1. The molecule has 1 fully saturated rings. The van der Waals surface area contributed by atoms with Gasteiger partial charge in [0.15, 0.2) is 0 Å². The van der Waals surface area contributed by atoms with E-state index in [4.69, 9.17) is 17.1 Å². The van der Waals surface area contributed by atoms with E-state index in [0.29, 0.717) is 16.3 Å². The number of β-lactam (4-membered cyclic amide) rings is 1. The lowest BCUT2D eigenvalue weighted by Crippen LogP contribution is -2.61. The van der Waals surface area contributed by atoms with Gasteiger partial charge in [-0.3, -0.25) is 19.3 Å². The van der Waals surface area contributed by atoms with Crippen molar-refractivity contribution in [1.29, 1.82) is 0 Å². The molecule has 3 amide bonds. The van der Waals surface area contributed by atoms with E-state index < -0.39 is 23.2 Å². The highest BCUT2D eigenvalue weighted by molar-refractivity contribution is 8.02. The zero-order valence-corrected chi connectivity index (χ0v) is 18.9. The molecule has 1 aromatic carbocycles. The van der Waals surface area contributed by atoms with Crippen LogP contribution in [-0.2, 0) is 30.4 Å². The molecule has 1 aromatic heterocycles. The Morgan fingerprint density at radius 3 is 2.72 bits per heavy atom. The van der Waals surface area contributed by atoms with Crippen molar-refractivity contribution in [2.45, 2.75) is 18.7 Å². The van der Waals surface area contributed by atoms with Gasteiger partial charge in [-0.05, 0) is 5.56 Å². The van der Waals surface area contributed by atoms with Crippen LogP contribution in [0.4, 0.5) is 5.13 Å². The number of fused-ring (bicyclic) bond motifs is 1. The predicted octanol–water partition coefficient (Wildman–Crippen LogP) is 1.31. The second-order valence-corrected chi connectivity index (χ2v) is 9.19. The summed E-state index contributed by atoms with van der Waals surface area (Å²) in [6, 6.07) is 8.95. The zero-order valence-electron chi connectivity index (χ0n) is 16.5. The van der Waals surface area contributed by atoms with Gasteiger partial charge in [-0.2, -0.15) is 5.48 Å². The summed E-state index contributed by atoms with van der Waals surface area (Å²) in [4.78, 5) is 55.2. The van der Waals surface area contributed by atoms with E-state index >= 15 is 0 Å². The molecular formula is C19H15N5O5S3. The maximum absolute atomic E-state index is 12.9. The standard InChI is InChI=1S/C19H15N5O5S3/c1-9(25)20-19-22-21-15(32-19)11-8-31-17-14(30)16(27)24(17)13(11)18(28)29-23-12(26)7-10-5-3-2-4-6-10/h2-6,17H,7-8H2,1H3,(H,23,26)(H,20,22,25)/t17-/m0/s1. The van der Waals surface area contributed by atoms with Crippen LogP contribution >= 0.6 is 35.3 Å². The number of hydrogen-bond donors (Lipinski definition) is 2. The Labute approximate surface area is 195 Å². The zero-order chi connectivity index (χ0) is 22.8. The summed E-state index contributed by atoms with van der Waals surface area (Å²) < 4.78 is 0. The van der Waals surface area contributed by atoms with E-state index in [0.717, 1.165) is 16.9 Å². The van der Waals surface area contributed by atoms with Crippen molar-refractivity contribution in [2.75, 3.05) is 11.1 Å². The fraction of sp³-hybridized carbons (Fsp3) is 0.211. The van der Waals surface area contributed by atoms with Crippen molar-refractivity contribution >= 4 is 74.6 Å². The normalized spacial score (nSPS) is 17.4. The van der Waals surface area contributed by atoms with Crippen molar-refractivity contribution in [3.63, 3.8) is 0 Å². The van der Waals surface area contributed by atoms with Gasteiger partial charge in [0.2, 0.25) is 11.0 Å². The summed E-state index contributed by atoms with van der Waals surface area (Å²) >= 11 is 7.51. The molecule has 0 saturated carbocycles. The molecule has 32 heavy (non-hydrogen) atoms. The average molecular weight is 490 g/mol. The van der Waals surface area contributed by atoms with Crippen LogP contribution in [0.25, 0.3) is 5.57 Å². The summed E-state index contributed by atoms with van der Waals surface area (Å²) in [7, 11) is 0. The second-order valence-electron chi connectivity index (χ2n) is 6.70. The first-order valence-corrected chi connectivity index (χ1v) is 11.5. The van der Waals surface area contributed by atoms with Gasteiger partial charge in [-0.25, -0.2) is 4.79 Å². The van der Waals surface area contributed by atoms with E-state index in [1.807, 2.05) is 6.07 Å². The first-order chi connectivity index (χ1) is 15.3. The van der Waals surface area contributed by atoms with Crippen molar-refractivity contribution in [3.8, 4) is 0 Å². The second kappa shape index (κ2) is 9.14. The van der Waals surface area contributed by atoms with Crippen LogP contribution in [0.1, 0.15) is 17.5 Å². The van der Waals surface area contributed by atoms with Crippen LogP contribution in [0.5, 0.6) is 0 Å². The highest BCUT2D eigenvalue weighted by Crippen LogP contribution is 2.43. The SMILES string of the molecule is CC(=O)Nc1nnc(C2=C(C(=O)ONC(=O)Cc3ccccc3)N3C(=O)C(=S)[C@@H]3SC2)s1. The van der Waals surface area contributed by atoms with Crippen LogP contribution in [-0.4, -0.2) is 54.8 Å². The maximum Gasteiger partial charge on any atom is 0.379 e. The van der Waals surface area contributed by atoms with Gasteiger partial charge < -0.3 is 10.2 Å². The van der Waals surface area contributed by atoms with E-state index in [1.54, 1.807) is 24.3 Å². The fourth-order valence-corrected chi connectivity index (χ4v) is 5.56. The minimum Gasteiger partial charge on any atom is -0.334 e. The van der Waals surface area contributed by atoms with Gasteiger partial charge in [0.25, 0.3) is 11.8 Å². The van der Waals surface area contributed by atoms with Crippen molar-refractivity contribution < 1.29 is 24.0 Å². The van der Waals surface area contributed by atoms with Crippen LogP contribution in [0, 0.1) is 0 Å². The van der Waals surface area contributed by atoms with E-state index in [9.17, 15) is 19.2 Å². The third kappa shape index (κ3) is 4.40. The molecule has 2 N–H and O–H groups in total. The number of thioether (sulfide) groups is 1. The molecule has 4 rings (SSSR count). The minimum absolute atomic E-state index is 0.0156. The summed E-state index contributed by atoms with van der Waals surface area (Å²) in [6.45, 7) is 1.34. The Kier molecular flexibility index (Phi) is 6.30. The lowest BCUT2D eigenvalue weighted by Gasteiger charge is -2.44. The number of thiocarbonyl (C=S) groups is 1. The van der Waals surface area contributed by atoms with Crippen LogP contribution in [0.15, 0.2) is 36.0 Å². The number of rotatable bonds is 5. The molecule has 2 aliphatic heterocycles. The molecule has 3 heterocycles. The average Bonchev–Trinajstić information content (AvgIpc) is 3.24. The number of benzene rings is 1. The third-order valence-corrected chi connectivity index (χ3v) is 7.09. The molecule has 2 aromatic rings. The van der Waals surface area contributed by atoms with Gasteiger partial charge >= 0.3 is 5.97 Å². The van der Waals surface area contributed by atoms with Crippen LogP contribution < -0.4 is 10.8 Å². The fourth-order valence-electron chi connectivity index (χ4n) is 3.03. The van der Waals surface area contributed by atoms with Gasteiger partial charge in [-0.15, -0.1) is 22.0 Å². The number of hydrogen-bond acceptors (Lipinski definition) is 10. The molecule has 13 heteroatoms. The molecule has 0 bridgehead atoms. The molecule has 2 aliphatic rings. The van der Waals surface area contributed by atoms with Crippen LogP contribution in [0.3, 0.4) is 0 Å². The number of nitrogens with zero attached hydrogens (tertiary/aromatic N) is 3. The number of nitrogens with one attached hydrogen (secondary N) is 2. The summed E-state index contributed by atoms with van der Waals surface area (Å²) in [6.07, 6.45) is 0.0156. The quantitative estimate of drug-likeness (QED) is 0.363. The van der Waals surface area contributed by atoms with E-state index in [1.165, 1.54) is 23.6 Å². The number of carbonyl (C=O) groups excluding carboxylic acids is 4. The van der Waals surface area contributed by atoms with Gasteiger partial charge in [0.1, 0.15) is 20.9 Å². The highest BCUT2D eigenvalue weighted by atomic mass is 32.2. The van der Waals surface area contributed by atoms with Gasteiger partial charge in [0.05, 0.1) is 6.42 Å².